The van der Waals surface area contributed by atoms with E-state index in [2.05, 4.69) is 14.9 Å². The zero-order valence-corrected chi connectivity index (χ0v) is 11.7. The Bertz CT molecular complexity index is 550. The van der Waals surface area contributed by atoms with Gasteiger partial charge in [-0.3, -0.25) is 4.90 Å². The number of aromatic nitrogens is 2. The molecule has 0 radical (unpaired) electrons. The quantitative estimate of drug-likeness (QED) is 0.911. The van der Waals surface area contributed by atoms with Gasteiger partial charge in [-0.1, -0.05) is 0 Å². The molecule has 18 heavy (non-hydrogen) atoms. The molecule has 0 aromatic carbocycles. The highest BCUT2D eigenvalue weighted by Gasteiger charge is 2.11. The lowest BCUT2D eigenvalue weighted by Crippen LogP contribution is -2.17. The second-order valence-electron chi connectivity index (χ2n) is 3.98. The molecule has 0 atom stereocenters. The molecule has 2 aromatic heterocycles. The summed E-state index contributed by atoms with van der Waals surface area (Å²) in [7, 11) is 1.97. The Morgan fingerprint density at radius 3 is 2.39 bits per heavy atom. The molecule has 2 heterocycles. The monoisotopic (exact) mass is 283 g/mol. The lowest BCUT2D eigenvalue weighted by Gasteiger charge is -2.13. The summed E-state index contributed by atoms with van der Waals surface area (Å²) in [4.78, 5) is 21.2. The van der Waals surface area contributed by atoms with Gasteiger partial charge in [-0.15, -0.1) is 22.7 Å². The maximum atomic E-state index is 10.7. The maximum Gasteiger partial charge on any atom is 0.365 e. The standard InChI is InChI=1S/C11H13N3O2S2/c1-7-12-8(5-17-7)3-14(2)4-9-6-18-10(13-9)11(15)16/h5-6H,3-4H2,1-2H3,(H,15,16). The zero-order valence-electron chi connectivity index (χ0n) is 10.1. The van der Waals surface area contributed by atoms with Crippen LogP contribution in [0.1, 0.15) is 26.2 Å². The van der Waals surface area contributed by atoms with E-state index < -0.39 is 5.97 Å². The van der Waals surface area contributed by atoms with Crippen molar-refractivity contribution >= 4 is 28.6 Å². The second-order valence-corrected chi connectivity index (χ2v) is 5.90. The molecular formula is C11H13N3O2S2. The molecule has 2 aromatic rings. The van der Waals surface area contributed by atoms with Crippen LogP contribution in [0.5, 0.6) is 0 Å². The van der Waals surface area contributed by atoms with Crippen LogP contribution in [0, 0.1) is 6.92 Å². The lowest BCUT2D eigenvalue weighted by molar-refractivity contribution is 0.0696. The average Bonchev–Trinajstić information content (AvgIpc) is 2.88. The summed E-state index contributed by atoms with van der Waals surface area (Å²) in [6.07, 6.45) is 0. The number of carboxylic acids is 1. The van der Waals surface area contributed by atoms with E-state index in [4.69, 9.17) is 5.11 Å². The van der Waals surface area contributed by atoms with Crippen molar-refractivity contribution in [3.8, 4) is 0 Å². The Morgan fingerprint density at radius 1 is 1.28 bits per heavy atom. The molecule has 1 N–H and O–H groups in total. The number of carbonyl (C=O) groups is 1. The van der Waals surface area contributed by atoms with E-state index in [1.807, 2.05) is 19.4 Å². The van der Waals surface area contributed by atoms with Crippen LogP contribution < -0.4 is 0 Å². The van der Waals surface area contributed by atoms with Crippen LogP contribution >= 0.6 is 22.7 Å². The van der Waals surface area contributed by atoms with Crippen molar-refractivity contribution in [3.05, 3.63) is 32.2 Å². The summed E-state index contributed by atoms with van der Waals surface area (Å²) in [6.45, 7) is 3.35. The molecule has 0 bridgehead atoms. The number of thiazole rings is 2. The summed E-state index contributed by atoms with van der Waals surface area (Å²) in [6, 6.07) is 0. The summed E-state index contributed by atoms with van der Waals surface area (Å²) >= 11 is 2.79. The van der Waals surface area contributed by atoms with Gasteiger partial charge in [0.1, 0.15) is 0 Å². The van der Waals surface area contributed by atoms with Crippen LogP contribution in [-0.2, 0) is 13.1 Å². The minimum atomic E-state index is -0.968. The van der Waals surface area contributed by atoms with Crippen LogP contribution in [0.4, 0.5) is 0 Å². The molecule has 0 aliphatic carbocycles. The number of rotatable bonds is 5. The smallest absolute Gasteiger partial charge is 0.365 e. The number of hydrogen-bond donors (Lipinski definition) is 1. The third-order valence-electron chi connectivity index (χ3n) is 2.27. The van der Waals surface area contributed by atoms with Gasteiger partial charge in [0, 0.05) is 23.8 Å². The predicted molar refractivity (Wildman–Crippen MR) is 71.1 cm³/mol. The van der Waals surface area contributed by atoms with Gasteiger partial charge in [0.25, 0.3) is 0 Å². The molecule has 5 nitrogen and oxygen atoms in total. The highest BCUT2D eigenvalue weighted by Crippen LogP contribution is 2.14. The van der Waals surface area contributed by atoms with Crippen molar-refractivity contribution in [1.29, 1.82) is 0 Å². The third kappa shape index (κ3) is 3.34. The van der Waals surface area contributed by atoms with Crippen LogP contribution in [0.2, 0.25) is 0 Å². The van der Waals surface area contributed by atoms with Crippen LogP contribution in [0.3, 0.4) is 0 Å². The molecular weight excluding hydrogens is 270 g/mol. The first-order valence-corrected chi connectivity index (χ1v) is 7.08. The fourth-order valence-corrected chi connectivity index (χ4v) is 2.82. The van der Waals surface area contributed by atoms with Crippen LogP contribution in [-0.4, -0.2) is 33.0 Å². The Morgan fingerprint density at radius 2 is 1.89 bits per heavy atom. The van der Waals surface area contributed by atoms with Crippen molar-refractivity contribution in [2.24, 2.45) is 0 Å². The fourth-order valence-electron chi connectivity index (χ4n) is 1.57. The van der Waals surface area contributed by atoms with Crippen molar-refractivity contribution in [2.45, 2.75) is 20.0 Å². The van der Waals surface area contributed by atoms with Gasteiger partial charge in [0.05, 0.1) is 16.4 Å². The highest BCUT2D eigenvalue weighted by molar-refractivity contribution is 7.11. The van der Waals surface area contributed by atoms with Crippen LogP contribution in [0.15, 0.2) is 10.8 Å². The predicted octanol–water partition coefficient (Wildman–Crippen LogP) is 2.24. The second kappa shape index (κ2) is 5.55. The SMILES string of the molecule is Cc1nc(CN(C)Cc2csc(C(=O)O)n2)cs1. The van der Waals surface area contributed by atoms with Crippen molar-refractivity contribution < 1.29 is 9.90 Å². The Hall–Kier alpha value is -1.31. The first-order valence-electron chi connectivity index (χ1n) is 5.32. The van der Waals surface area contributed by atoms with Gasteiger partial charge >= 0.3 is 5.97 Å². The third-order valence-corrected chi connectivity index (χ3v) is 3.97. The zero-order chi connectivity index (χ0) is 13.1. The Balaban J connectivity index is 1.94. The molecule has 0 fully saturated rings. The van der Waals surface area contributed by atoms with Crippen molar-refractivity contribution in [2.75, 3.05) is 7.05 Å². The van der Waals surface area contributed by atoms with Gasteiger partial charge in [0.15, 0.2) is 0 Å². The molecule has 0 amide bonds. The minimum Gasteiger partial charge on any atom is -0.476 e. The summed E-state index contributed by atoms with van der Waals surface area (Å²) < 4.78 is 0. The number of carboxylic acid groups (broad SMARTS) is 1. The van der Waals surface area contributed by atoms with Crippen LogP contribution in [0.25, 0.3) is 0 Å². The van der Waals surface area contributed by atoms with Gasteiger partial charge in [0.2, 0.25) is 5.01 Å². The lowest BCUT2D eigenvalue weighted by atomic mass is 10.4. The largest absolute Gasteiger partial charge is 0.476 e. The van der Waals surface area contributed by atoms with E-state index in [-0.39, 0.29) is 5.01 Å². The number of nitrogens with zero attached hydrogens (tertiary/aromatic N) is 3. The molecule has 0 unspecified atom stereocenters. The Kier molecular flexibility index (Phi) is 4.05. The minimum absolute atomic E-state index is 0.142. The highest BCUT2D eigenvalue weighted by atomic mass is 32.1. The molecule has 2 rings (SSSR count). The molecule has 0 saturated heterocycles. The van der Waals surface area contributed by atoms with E-state index in [0.717, 1.165) is 34.3 Å². The van der Waals surface area contributed by atoms with Crippen molar-refractivity contribution in [1.82, 2.24) is 14.9 Å². The molecule has 0 aliphatic rings. The first kappa shape index (κ1) is 13.1. The maximum absolute atomic E-state index is 10.7. The fraction of sp³-hybridized carbons (Fsp3) is 0.364. The van der Waals surface area contributed by atoms with E-state index in [0.29, 0.717) is 6.54 Å². The summed E-state index contributed by atoms with van der Waals surface area (Å²) in [5.74, 6) is -0.968. The molecule has 0 saturated carbocycles. The van der Waals surface area contributed by atoms with Gasteiger partial charge < -0.3 is 5.11 Å². The Labute approximate surface area is 113 Å². The molecule has 0 aliphatic heterocycles. The number of aryl methyl sites for hydroxylation is 1. The normalized spacial score (nSPS) is 11.1. The molecule has 96 valence electrons. The van der Waals surface area contributed by atoms with E-state index in [9.17, 15) is 4.79 Å². The number of aromatic carboxylic acids is 1. The van der Waals surface area contributed by atoms with Gasteiger partial charge in [-0.2, -0.15) is 0 Å². The molecule has 7 heteroatoms. The van der Waals surface area contributed by atoms with E-state index in [1.54, 1.807) is 16.7 Å². The first-order chi connectivity index (χ1) is 8.54. The van der Waals surface area contributed by atoms with E-state index >= 15 is 0 Å². The summed E-state index contributed by atoms with van der Waals surface area (Å²) in [5.41, 5.74) is 1.82. The van der Waals surface area contributed by atoms with Crippen molar-refractivity contribution in [3.63, 3.8) is 0 Å². The molecule has 0 spiro atoms. The van der Waals surface area contributed by atoms with E-state index in [1.165, 1.54) is 0 Å². The van der Waals surface area contributed by atoms with Gasteiger partial charge in [-0.05, 0) is 14.0 Å². The topological polar surface area (TPSA) is 66.3 Å². The van der Waals surface area contributed by atoms with Gasteiger partial charge in [-0.25, -0.2) is 14.8 Å². The summed E-state index contributed by atoms with van der Waals surface area (Å²) in [5, 5.41) is 13.8. The average molecular weight is 283 g/mol. The number of hydrogen-bond acceptors (Lipinski definition) is 6.